The van der Waals surface area contributed by atoms with Gasteiger partial charge < -0.3 is 9.47 Å². The second kappa shape index (κ2) is 8.36. The van der Waals surface area contributed by atoms with Crippen LogP contribution in [0.25, 0.3) is 6.08 Å². The van der Waals surface area contributed by atoms with Crippen molar-refractivity contribution in [3.63, 3.8) is 0 Å². The number of benzene rings is 2. The summed E-state index contributed by atoms with van der Waals surface area (Å²) in [5.41, 5.74) is 0.544. The Balaban J connectivity index is 2.46. The van der Waals surface area contributed by atoms with E-state index in [2.05, 4.69) is 0 Å². The van der Waals surface area contributed by atoms with Crippen molar-refractivity contribution in [2.24, 2.45) is 0 Å². The molecular weight excluding hydrogens is 338 g/mol. The summed E-state index contributed by atoms with van der Waals surface area (Å²) in [5.74, 6) is 1.08. The molecule has 2 rings (SSSR count). The van der Waals surface area contributed by atoms with Gasteiger partial charge in [0.2, 0.25) is 9.84 Å². The molecule has 0 aliphatic heterocycles. The maximum atomic E-state index is 12.6. The highest BCUT2D eigenvalue weighted by Gasteiger charge is 2.20. The van der Waals surface area contributed by atoms with Crippen LogP contribution in [0.15, 0.2) is 58.3 Å². The highest BCUT2D eigenvalue weighted by atomic mass is 32.2. The van der Waals surface area contributed by atoms with E-state index in [1.807, 2.05) is 13.8 Å². The van der Waals surface area contributed by atoms with E-state index in [0.29, 0.717) is 30.3 Å². The third-order valence-corrected chi connectivity index (χ3v) is 5.00. The van der Waals surface area contributed by atoms with Gasteiger partial charge in [-0.05, 0) is 49.8 Å². The summed E-state index contributed by atoms with van der Waals surface area (Å²) >= 11 is 0. The van der Waals surface area contributed by atoms with E-state index in [1.165, 1.54) is 18.2 Å². The number of ether oxygens (including phenoxy) is 2. The molecule has 0 fully saturated rings. The van der Waals surface area contributed by atoms with Crippen molar-refractivity contribution in [3.05, 3.63) is 59.0 Å². The fourth-order valence-electron chi connectivity index (χ4n) is 2.21. The predicted molar refractivity (Wildman–Crippen MR) is 96.0 cm³/mol. The largest absolute Gasteiger partial charge is 0.490 e. The van der Waals surface area contributed by atoms with E-state index >= 15 is 0 Å². The molecule has 0 spiro atoms. The first-order valence-electron chi connectivity index (χ1n) is 7.84. The van der Waals surface area contributed by atoms with E-state index in [4.69, 9.17) is 9.47 Å². The standard InChI is InChI=1S/C19H19NO4S/c1-3-23-18-11-10-15(13-19(18)24-4-2)12-17(14-20)25(21,22)16-8-6-5-7-9-16/h5-13H,3-4H2,1-2H3/b17-12-. The van der Waals surface area contributed by atoms with Crippen LogP contribution < -0.4 is 9.47 Å². The first kappa shape index (κ1) is 18.6. The third kappa shape index (κ3) is 4.40. The van der Waals surface area contributed by atoms with E-state index in [-0.39, 0.29) is 9.80 Å². The molecule has 0 radical (unpaired) electrons. The number of hydrogen-bond donors (Lipinski definition) is 0. The lowest BCUT2D eigenvalue weighted by Crippen LogP contribution is -2.03. The summed E-state index contributed by atoms with van der Waals surface area (Å²) in [6, 6.07) is 14.7. The Morgan fingerprint density at radius 3 is 2.28 bits per heavy atom. The Morgan fingerprint density at radius 2 is 1.68 bits per heavy atom. The predicted octanol–water partition coefficient (Wildman–Crippen LogP) is 3.82. The monoisotopic (exact) mass is 357 g/mol. The van der Waals surface area contributed by atoms with E-state index in [1.54, 1.807) is 42.5 Å². The SMILES string of the molecule is CCOc1ccc(/C=C(/C#N)S(=O)(=O)c2ccccc2)cc1OCC. The van der Waals surface area contributed by atoms with Gasteiger partial charge in [0.15, 0.2) is 11.5 Å². The van der Waals surface area contributed by atoms with Crippen LogP contribution in [0, 0.1) is 11.3 Å². The smallest absolute Gasteiger partial charge is 0.216 e. The lowest BCUT2D eigenvalue weighted by molar-refractivity contribution is 0.287. The zero-order chi connectivity index (χ0) is 18.3. The van der Waals surface area contributed by atoms with Crippen molar-refractivity contribution in [3.8, 4) is 17.6 Å². The molecule has 6 heteroatoms. The van der Waals surface area contributed by atoms with Crippen molar-refractivity contribution in [2.45, 2.75) is 18.7 Å². The van der Waals surface area contributed by atoms with E-state index in [0.717, 1.165) is 0 Å². The van der Waals surface area contributed by atoms with Gasteiger partial charge in [-0.15, -0.1) is 0 Å². The first-order valence-corrected chi connectivity index (χ1v) is 9.32. The van der Waals surface area contributed by atoms with E-state index < -0.39 is 9.84 Å². The molecule has 0 bridgehead atoms. The summed E-state index contributed by atoms with van der Waals surface area (Å²) < 4.78 is 36.2. The highest BCUT2D eigenvalue weighted by molar-refractivity contribution is 7.95. The van der Waals surface area contributed by atoms with Crippen LogP contribution in [0.4, 0.5) is 0 Å². The fraction of sp³-hybridized carbons (Fsp3) is 0.211. The van der Waals surface area contributed by atoms with Gasteiger partial charge in [-0.3, -0.25) is 0 Å². The molecule has 0 aromatic heterocycles. The fourth-order valence-corrected chi connectivity index (χ4v) is 3.39. The van der Waals surface area contributed by atoms with Crippen molar-refractivity contribution in [2.75, 3.05) is 13.2 Å². The number of nitriles is 1. The molecule has 25 heavy (non-hydrogen) atoms. The van der Waals surface area contributed by atoms with E-state index in [9.17, 15) is 13.7 Å². The molecular formula is C19H19NO4S. The normalized spacial score (nSPS) is 11.6. The minimum Gasteiger partial charge on any atom is -0.490 e. The lowest BCUT2D eigenvalue weighted by Gasteiger charge is -2.11. The third-order valence-electron chi connectivity index (χ3n) is 3.32. The molecule has 0 aliphatic rings. The Bertz CT molecular complexity index is 897. The number of rotatable bonds is 7. The summed E-state index contributed by atoms with van der Waals surface area (Å²) in [4.78, 5) is -0.246. The molecule has 2 aromatic carbocycles. The molecule has 0 aliphatic carbocycles. The molecule has 0 atom stereocenters. The first-order chi connectivity index (χ1) is 12.0. The van der Waals surface area contributed by atoms with Crippen molar-refractivity contribution in [1.82, 2.24) is 0 Å². The Kier molecular flexibility index (Phi) is 6.20. The minimum atomic E-state index is -3.87. The van der Waals surface area contributed by atoms with Gasteiger partial charge in [0.05, 0.1) is 18.1 Å². The molecule has 2 aromatic rings. The van der Waals surface area contributed by atoms with Crippen molar-refractivity contribution < 1.29 is 17.9 Å². The summed E-state index contributed by atoms with van der Waals surface area (Å²) in [7, 11) is -3.87. The van der Waals surface area contributed by atoms with Crippen LogP contribution in [0.2, 0.25) is 0 Å². The van der Waals surface area contributed by atoms with Crippen LogP contribution in [0.5, 0.6) is 11.5 Å². The van der Waals surface area contributed by atoms with Crippen LogP contribution in [0.3, 0.4) is 0 Å². The van der Waals surface area contributed by atoms with Gasteiger partial charge in [0.1, 0.15) is 11.0 Å². The molecule has 0 heterocycles. The van der Waals surface area contributed by atoms with Crippen LogP contribution in [-0.2, 0) is 9.84 Å². The molecule has 0 saturated carbocycles. The maximum absolute atomic E-state index is 12.6. The van der Waals surface area contributed by atoms with Gasteiger partial charge in [0, 0.05) is 0 Å². The highest BCUT2D eigenvalue weighted by Crippen LogP contribution is 2.30. The zero-order valence-electron chi connectivity index (χ0n) is 14.1. The quantitative estimate of drug-likeness (QED) is 0.704. The van der Waals surface area contributed by atoms with Gasteiger partial charge in [-0.25, -0.2) is 8.42 Å². The maximum Gasteiger partial charge on any atom is 0.216 e. The molecule has 130 valence electrons. The minimum absolute atomic E-state index is 0.0822. The second-order valence-corrected chi connectivity index (χ2v) is 6.93. The number of sulfone groups is 1. The summed E-state index contributed by atoms with van der Waals surface area (Å²) in [5, 5.41) is 9.34. The van der Waals surface area contributed by atoms with Gasteiger partial charge in [-0.1, -0.05) is 24.3 Å². The van der Waals surface area contributed by atoms with Crippen LogP contribution in [0.1, 0.15) is 19.4 Å². The van der Waals surface area contributed by atoms with Gasteiger partial charge in [-0.2, -0.15) is 5.26 Å². The molecule has 0 unspecified atom stereocenters. The average Bonchev–Trinajstić information content (AvgIpc) is 2.62. The Hall–Kier alpha value is -2.78. The topological polar surface area (TPSA) is 76.4 Å². The van der Waals surface area contributed by atoms with Gasteiger partial charge in [0.25, 0.3) is 0 Å². The van der Waals surface area contributed by atoms with Crippen LogP contribution >= 0.6 is 0 Å². The molecule has 0 saturated heterocycles. The number of nitrogens with zero attached hydrogens (tertiary/aromatic N) is 1. The molecule has 5 nitrogen and oxygen atoms in total. The van der Waals surface area contributed by atoms with Crippen LogP contribution in [-0.4, -0.2) is 21.6 Å². The van der Waals surface area contributed by atoms with Crippen molar-refractivity contribution >= 4 is 15.9 Å². The lowest BCUT2D eigenvalue weighted by atomic mass is 10.2. The van der Waals surface area contributed by atoms with Crippen molar-refractivity contribution in [1.29, 1.82) is 5.26 Å². The Labute approximate surface area is 148 Å². The summed E-state index contributed by atoms with van der Waals surface area (Å²) in [6.45, 7) is 4.64. The molecule has 0 N–H and O–H groups in total. The van der Waals surface area contributed by atoms with Gasteiger partial charge >= 0.3 is 0 Å². The second-order valence-electron chi connectivity index (χ2n) is 5.01. The Morgan fingerprint density at radius 1 is 1.04 bits per heavy atom. The summed E-state index contributed by atoms with van der Waals surface area (Å²) in [6.07, 6.45) is 1.33. The average molecular weight is 357 g/mol. The number of hydrogen-bond acceptors (Lipinski definition) is 5. The molecule has 0 amide bonds. The zero-order valence-corrected chi connectivity index (χ0v) is 14.9. The number of allylic oxidation sites excluding steroid dienone is 1.